The summed E-state index contributed by atoms with van der Waals surface area (Å²) in [5.41, 5.74) is -1.80. The molecule has 0 aromatic rings. The van der Waals surface area contributed by atoms with Gasteiger partial charge in [-0.3, -0.25) is 9.59 Å². The van der Waals surface area contributed by atoms with Gasteiger partial charge in [-0.15, -0.1) is 0 Å². The maximum atomic E-state index is 14.8. The van der Waals surface area contributed by atoms with Gasteiger partial charge in [-0.2, -0.15) is 0 Å². The average Bonchev–Trinajstić information content (AvgIpc) is 3.35. The zero-order chi connectivity index (χ0) is 40.7. The van der Waals surface area contributed by atoms with Gasteiger partial charge in [0.05, 0.1) is 25.2 Å². The summed E-state index contributed by atoms with van der Waals surface area (Å²) in [4.78, 5) is 28.0. The lowest BCUT2D eigenvalue weighted by Gasteiger charge is -2.64. The first kappa shape index (κ1) is 42.7. The lowest BCUT2D eigenvalue weighted by atomic mass is 9.40. The second kappa shape index (κ2) is 15.5. The Morgan fingerprint density at radius 2 is 1.16 bits per heavy atom. The van der Waals surface area contributed by atoms with Crippen LogP contribution in [0.1, 0.15) is 78.6 Å². The SMILES string of the molecule is C[C@@]12CC[C@@H]3C(CCC4[C@](C)(C(=O)O[C@@H]5O[C@H](CO)[C@@H](O)[C@H](O[C@@H]6O[C@H](CO)[C@H](O)[C@H](O)[C@H]6O)[C@H]5O[C@@H]5O[C@H](CO)[C@@H](O)[C@H](O)[C@H]5O)CCC[C@]43C)(CC1=O)C2. The third-order valence-electron chi connectivity index (χ3n) is 15.1. The van der Waals surface area contributed by atoms with Crippen LogP contribution in [-0.2, 0) is 38.0 Å². The first-order chi connectivity index (χ1) is 26.4. The zero-order valence-electron chi connectivity index (χ0n) is 32.0. The van der Waals surface area contributed by atoms with E-state index in [0.717, 1.165) is 32.1 Å². The second-order valence-corrected chi connectivity index (χ2v) is 18.4. The van der Waals surface area contributed by atoms with Gasteiger partial charge < -0.3 is 79.5 Å². The summed E-state index contributed by atoms with van der Waals surface area (Å²) in [6.07, 6.45) is -20.0. The average molecular weight is 805 g/mol. The fraction of sp³-hybridized carbons (Fsp3) is 0.947. The van der Waals surface area contributed by atoms with Crippen LogP contribution in [0.2, 0.25) is 0 Å². The van der Waals surface area contributed by atoms with E-state index < -0.39 is 123 Å². The first-order valence-electron chi connectivity index (χ1n) is 20.0. The summed E-state index contributed by atoms with van der Waals surface area (Å²) in [6, 6.07) is 0. The molecule has 56 heavy (non-hydrogen) atoms. The van der Waals surface area contributed by atoms with Gasteiger partial charge in [0.1, 0.15) is 72.9 Å². The maximum Gasteiger partial charge on any atom is 0.314 e. The molecule has 18 nitrogen and oxygen atoms in total. The highest BCUT2D eigenvalue weighted by Crippen LogP contribution is 2.73. The molecule has 7 rings (SSSR count). The highest BCUT2D eigenvalue weighted by atomic mass is 16.8. The van der Waals surface area contributed by atoms with E-state index in [2.05, 4.69) is 13.8 Å². The molecule has 0 radical (unpaired) electrons. The van der Waals surface area contributed by atoms with Crippen molar-refractivity contribution in [2.24, 2.45) is 33.5 Å². The Bertz CT molecular complexity index is 1450. The van der Waals surface area contributed by atoms with Gasteiger partial charge in [0.25, 0.3) is 0 Å². The van der Waals surface area contributed by atoms with Gasteiger partial charge in [0.15, 0.2) is 18.7 Å². The van der Waals surface area contributed by atoms with E-state index >= 15 is 0 Å². The minimum atomic E-state index is -1.96. The number of ether oxygens (including phenoxy) is 6. The fourth-order valence-corrected chi connectivity index (χ4v) is 12.1. The van der Waals surface area contributed by atoms with Gasteiger partial charge >= 0.3 is 5.97 Å². The van der Waals surface area contributed by atoms with Crippen LogP contribution in [0.5, 0.6) is 0 Å². The van der Waals surface area contributed by atoms with Gasteiger partial charge in [0, 0.05) is 11.8 Å². The third-order valence-corrected chi connectivity index (χ3v) is 15.1. The largest absolute Gasteiger partial charge is 0.432 e. The Morgan fingerprint density at radius 3 is 1.73 bits per heavy atom. The van der Waals surface area contributed by atoms with Crippen LogP contribution in [0, 0.1) is 33.5 Å². The van der Waals surface area contributed by atoms with Crippen molar-refractivity contribution in [3.63, 3.8) is 0 Å². The first-order valence-corrected chi connectivity index (χ1v) is 20.0. The van der Waals surface area contributed by atoms with E-state index in [1.54, 1.807) is 0 Å². The number of hydrogen-bond acceptors (Lipinski definition) is 18. The number of Topliss-reactive ketones (excluding diaryl/α,β-unsaturated/α-hetero) is 1. The summed E-state index contributed by atoms with van der Waals surface area (Å²) < 4.78 is 35.3. The Balaban J connectivity index is 1.20. The summed E-state index contributed by atoms with van der Waals surface area (Å²) in [7, 11) is 0. The molecule has 0 aromatic carbocycles. The smallest absolute Gasteiger partial charge is 0.314 e. The number of carbonyl (C=O) groups is 2. The number of ketones is 1. The predicted molar refractivity (Wildman–Crippen MR) is 185 cm³/mol. The Hall–Kier alpha value is -1.46. The van der Waals surface area contributed by atoms with Crippen LogP contribution in [0.4, 0.5) is 0 Å². The normalized spacial score (nSPS) is 54.6. The summed E-state index contributed by atoms with van der Waals surface area (Å²) in [6.45, 7) is 3.70. The molecule has 1 spiro atoms. The van der Waals surface area contributed by atoms with Gasteiger partial charge in [-0.25, -0.2) is 0 Å². The van der Waals surface area contributed by atoms with E-state index in [-0.39, 0.29) is 28.1 Å². The van der Waals surface area contributed by atoms with Crippen molar-refractivity contribution in [3.8, 4) is 0 Å². The van der Waals surface area contributed by atoms with Crippen molar-refractivity contribution < 1.29 is 89.1 Å². The number of esters is 1. The molecule has 7 fully saturated rings. The lowest BCUT2D eigenvalue weighted by molar-refractivity contribution is -0.388. The van der Waals surface area contributed by atoms with Crippen molar-refractivity contribution in [1.29, 1.82) is 0 Å². The Kier molecular flexibility index (Phi) is 11.8. The van der Waals surface area contributed by atoms with Crippen LogP contribution < -0.4 is 0 Å². The molecular formula is C38H60O18. The summed E-state index contributed by atoms with van der Waals surface area (Å²) in [5.74, 6) is -0.291. The number of aliphatic hydroxyl groups excluding tert-OH is 10. The van der Waals surface area contributed by atoms with E-state index in [1.807, 2.05) is 6.92 Å². The molecule has 3 aliphatic heterocycles. The minimum Gasteiger partial charge on any atom is -0.432 e. The van der Waals surface area contributed by atoms with Crippen molar-refractivity contribution >= 4 is 11.8 Å². The van der Waals surface area contributed by atoms with Crippen molar-refractivity contribution in [2.75, 3.05) is 19.8 Å². The molecule has 2 bridgehead atoms. The van der Waals surface area contributed by atoms with Crippen LogP contribution >= 0.6 is 0 Å². The monoisotopic (exact) mass is 804 g/mol. The summed E-state index contributed by atoms with van der Waals surface area (Å²) in [5, 5.41) is 105. The fourth-order valence-electron chi connectivity index (χ4n) is 12.1. The molecule has 3 heterocycles. The highest BCUT2D eigenvalue weighted by Gasteiger charge is 2.69. The molecule has 21 atom stereocenters. The third kappa shape index (κ3) is 6.77. The lowest BCUT2D eigenvalue weighted by Crippen LogP contribution is -2.67. The Morgan fingerprint density at radius 1 is 0.643 bits per heavy atom. The van der Waals surface area contributed by atoms with Crippen LogP contribution in [0.25, 0.3) is 0 Å². The molecule has 0 amide bonds. The molecule has 320 valence electrons. The van der Waals surface area contributed by atoms with E-state index in [9.17, 15) is 60.7 Å². The molecule has 4 saturated carbocycles. The van der Waals surface area contributed by atoms with E-state index in [4.69, 9.17) is 28.4 Å². The number of rotatable bonds is 9. The molecule has 4 aliphatic carbocycles. The molecule has 0 aromatic heterocycles. The molecule has 3 saturated heterocycles. The quantitative estimate of drug-likeness (QED) is 0.107. The van der Waals surface area contributed by atoms with Crippen LogP contribution in [0.15, 0.2) is 0 Å². The summed E-state index contributed by atoms with van der Waals surface area (Å²) >= 11 is 0. The molecule has 7 aliphatic rings. The van der Waals surface area contributed by atoms with Crippen LogP contribution in [-0.4, -0.2) is 175 Å². The number of hydrogen-bond donors (Lipinski definition) is 10. The molecular weight excluding hydrogens is 744 g/mol. The maximum absolute atomic E-state index is 14.8. The van der Waals surface area contributed by atoms with Gasteiger partial charge in [0.2, 0.25) is 6.29 Å². The number of fused-ring (bicyclic) bond motifs is 3. The highest BCUT2D eigenvalue weighted by molar-refractivity contribution is 5.88. The standard InChI is InChI=1S/C38H60O18/c1-35-9-5-20-36(2)7-4-8-37(3,19(36)6-10-38(20,15-35)11-21(35)42)34(50)56-33-30(55-32-28(49)26(47)23(44)17(13-40)52-32)29(24(45)18(14-41)53-33)54-31-27(48)25(46)22(43)16(12-39)51-31/h16-20,22-33,39-41,43-49H,4-15H2,1-3H3/t16-,17-,18-,19?,20+,22+,23-,24-,25+,26+,27-,28-,29+,30-,31+,32+,33+,35+,36-,37-,38?/m1/s1. The molecule has 2 unspecified atom stereocenters. The van der Waals surface area contributed by atoms with Crippen molar-refractivity contribution in [3.05, 3.63) is 0 Å². The molecule has 10 N–H and O–H groups in total. The van der Waals surface area contributed by atoms with E-state index in [0.29, 0.717) is 31.5 Å². The van der Waals surface area contributed by atoms with Crippen LogP contribution in [0.3, 0.4) is 0 Å². The minimum absolute atomic E-state index is 0.117. The van der Waals surface area contributed by atoms with Crippen molar-refractivity contribution in [2.45, 2.75) is 171 Å². The number of carbonyl (C=O) groups excluding carboxylic acids is 2. The van der Waals surface area contributed by atoms with E-state index in [1.165, 1.54) is 0 Å². The van der Waals surface area contributed by atoms with Gasteiger partial charge in [-0.1, -0.05) is 20.3 Å². The topological polar surface area (TPSA) is 292 Å². The number of aliphatic hydroxyl groups is 10. The second-order valence-electron chi connectivity index (χ2n) is 18.4. The molecule has 18 heteroatoms. The zero-order valence-corrected chi connectivity index (χ0v) is 32.0. The predicted octanol–water partition coefficient (Wildman–Crippen LogP) is -2.65. The Labute approximate surface area is 324 Å². The van der Waals surface area contributed by atoms with Crippen molar-refractivity contribution in [1.82, 2.24) is 0 Å². The van der Waals surface area contributed by atoms with Gasteiger partial charge in [-0.05, 0) is 74.5 Å².